The number of likely N-dealkylation sites (tertiary alicyclic amines) is 1. The highest BCUT2D eigenvalue weighted by Gasteiger charge is 2.11. The second kappa shape index (κ2) is 4.90. The van der Waals surface area contributed by atoms with Crippen LogP contribution in [0.2, 0.25) is 0 Å². The summed E-state index contributed by atoms with van der Waals surface area (Å²) in [5, 5.41) is 0.992. The van der Waals surface area contributed by atoms with Gasteiger partial charge in [-0.1, -0.05) is 0 Å². The summed E-state index contributed by atoms with van der Waals surface area (Å²) in [7, 11) is 0. The minimum absolute atomic E-state index is 0.579. The summed E-state index contributed by atoms with van der Waals surface area (Å²) in [6.07, 6.45) is 2.62. The van der Waals surface area contributed by atoms with Crippen LogP contribution in [0.15, 0.2) is 28.7 Å². The van der Waals surface area contributed by atoms with Gasteiger partial charge in [-0.3, -0.25) is 4.90 Å². The van der Waals surface area contributed by atoms with Gasteiger partial charge in [0.25, 0.3) is 5.95 Å². The van der Waals surface area contributed by atoms with E-state index in [4.69, 9.17) is 14.9 Å². The Kier molecular flexibility index (Phi) is 3.11. The molecule has 2 heterocycles. The molecule has 1 fully saturated rings. The normalized spacial score (nSPS) is 16.4. The molecule has 1 saturated heterocycles. The average Bonchev–Trinajstić information content (AvgIpc) is 2.97. The second-order valence-corrected chi connectivity index (χ2v) is 4.76. The average molecular weight is 246 g/mol. The van der Waals surface area contributed by atoms with Gasteiger partial charge >= 0.3 is 0 Å². The maximum atomic E-state index is 5.73. The molecule has 2 N–H and O–H groups in total. The van der Waals surface area contributed by atoms with Crippen LogP contribution in [0, 0.1) is 0 Å². The molecule has 0 saturated carbocycles. The minimum atomic E-state index is 0.579. The molecule has 0 spiro atoms. The SMILES string of the molecule is Nc1ccc2oc(OCCN3CCCC3)cc2c1. The molecule has 0 unspecified atom stereocenters. The molecule has 0 bridgehead atoms. The van der Waals surface area contributed by atoms with Crippen LogP contribution in [-0.4, -0.2) is 31.1 Å². The first-order chi connectivity index (χ1) is 8.81. The van der Waals surface area contributed by atoms with Gasteiger partial charge in [0.1, 0.15) is 12.2 Å². The predicted octanol–water partition coefficient (Wildman–Crippen LogP) is 2.49. The molecule has 96 valence electrons. The van der Waals surface area contributed by atoms with Crippen LogP contribution in [0.3, 0.4) is 0 Å². The van der Waals surface area contributed by atoms with E-state index < -0.39 is 0 Å². The first kappa shape index (κ1) is 11.4. The van der Waals surface area contributed by atoms with Crippen molar-refractivity contribution in [3.63, 3.8) is 0 Å². The monoisotopic (exact) mass is 246 g/mol. The highest BCUT2D eigenvalue weighted by Crippen LogP contribution is 2.26. The number of fused-ring (bicyclic) bond motifs is 1. The van der Waals surface area contributed by atoms with Gasteiger partial charge in [0.05, 0.1) is 0 Å². The molecule has 4 nitrogen and oxygen atoms in total. The largest absolute Gasteiger partial charge is 0.464 e. The topological polar surface area (TPSA) is 51.6 Å². The number of nitrogens with zero attached hydrogens (tertiary/aromatic N) is 1. The highest BCUT2D eigenvalue weighted by atomic mass is 16.6. The van der Waals surface area contributed by atoms with Crippen molar-refractivity contribution in [2.45, 2.75) is 12.8 Å². The lowest BCUT2D eigenvalue weighted by atomic mass is 10.2. The third kappa shape index (κ3) is 2.43. The van der Waals surface area contributed by atoms with Crippen LogP contribution < -0.4 is 10.5 Å². The van der Waals surface area contributed by atoms with Gasteiger partial charge in [-0.15, -0.1) is 0 Å². The van der Waals surface area contributed by atoms with Gasteiger partial charge in [-0.05, 0) is 44.1 Å². The number of anilines is 1. The van der Waals surface area contributed by atoms with Gasteiger partial charge in [0.15, 0.2) is 0 Å². The molecule has 1 aliphatic rings. The van der Waals surface area contributed by atoms with E-state index in [2.05, 4.69) is 4.90 Å². The van der Waals surface area contributed by atoms with Crippen LogP contribution in [0.4, 0.5) is 5.69 Å². The summed E-state index contributed by atoms with van der Waals surface area (Å²) in [5.41, 5.74) is 7.29. The number of nitrogens with two attached hydrogens (primary N) is 1. The Morgan fingerprint density at radius 1 is 1.22 bits per heavy atom. The molecule has 0 atom stereocenters. The Labute approximate surface area is 106 Å². The first-order valence-electron chi connectivity index (χ1n) is 6.45. The van der Waals surface area contributed by atoms with E-state index in [-0.39, 0.29) is 0 Å². The number of nitrogen functional groups attached to an aromatic ring is 1. The van der Waals surface area contributed by atoms with E-state index in [1.165, 1.54) is 25.9 Å². The van der Waals surface area contributed by atoms with Crippen molar-refractivity contribution in [2.24, 2.45) is 0 Å². The van der Waals surface area contributed by atoms with E-state index in [9.17, 15) is 0 Å². The smallest absolute Gasteiger partial charge is 0.285 e. The second-order valence-electron chi connectivity index (χ2n) is 4.76. The van der Waals surface area contributed by atoms with Crippen molar-refractivity contribution in [1.82, 2.24) is 4.90 Å². The maximum absolute atomic E-state index is 5.73. The van der Waals surface area contributed by atoms with Crippen LogP contribution in [-0.2, 0) is 0 Å². The van der Waals surface area contributed by atoms with Crippen LogP contribution >= 0.6 is 0 Å². The van der Waals surface area contributed by atoms with Gasteiger partial charge in [0.2, 0.25) is 0 Å². The Morgan fingerprint density at radius 3 is 2.89 bits per heavy atom. The fourth-order valence-electron chi connectivity index (χ4n) is 2.39. The van der Waals surface area contributed by atoms with Crippen molar-refractivity contribution in [3.05, 3.63) is 24.3 Å². The summed E-state index contributed by atoms with van der Waals surface area (Å²) < 4.78 is 11.2. The fraction of sp³-hybridized carbons (Fsp3) is 0.429. The predicted molar refractivity (Wildman–Crippen MR) is 71.8 cm³/mol. The summed E-state index contributed by atoms with van der Waals surface area (Å²) >= 11 is 0. The van der Waals surface area contributed by atoms with E-state index in [1.54, 1.807) is 0 Å². The number of hydrogen-bond acceptors (Lipinski definition) is 4. The third-order valence-corrected chi connectivity index (χ3v) is 3.37. The molecular formula is C14H18N2O2. The number of benzene rings is 1. The van der Waals surface area contributed by atoms with Gasteiger partial charge < -0.3 is 14.9 Å². The Balaban J connectivity index is 1.60. The van der Waals surface area contributed by atoms with Crippen LogP contribution in [0.25, 0.3) is 11.0 Å². The number of ether oxygens (including phenoxy) is 1. The zero-order valence-electron chi connectivity index (χ0n) is 10.4. The van der Waals surface area contributed by atoms with E-state index >= 15 is 0 Å². The molecular weight excluding hydrogens is 228 g/mol. The van der Waals surface area contributed by atoms with E-state index in [1.807, 2.05) is 24.3 Å². The standard InChI is InChI=1S/C14H18N2O2/c15-12-3-4-13-11(9-12)10-14(18-13)17-8-7-16-5-1-2-6-16/h3-4,9-10H,1-2,5-8,15H2. The van der Waals surface area contributed by atoms with E-state index in [0.29, 0.717) is 12.6 Å². The summed E-state index contributed by atoms with van der Waals surface area (Å²) in [5.74, 6) is 0.579. The number of hydrogen-bond donors (Lipinski definition) is 1. The molecule has 0 radical (unpaired) electrons. The van der Waals surface area contributed by atoms with Crippen LogP contribution in [0.5, 0.6) is 5.95 Å². The molecule has 3 rings (SSSR count). The van der Waals surface area contributed by atoms with Crippen molar-refractivity contribution in [1.29, 1.82) is 0 Å². The molecule has 0 aliphatic carbocycles. The van der Waals surface area contributed by atoms with Crippen molar-refractivity contribution in [3.8, 4) is 5.95 Å². The zero-order chi connectivity index (χ0) is 12.4. The summed E-state index contributed by atoms with van der Waals surface area (Å²) in [6.45, 7) is 4.04. The molecule has 2 aromatic rings. The first-order valence-corrected chi connectivity index (χ1v) is 6.45. The van der Waals surface area contributed by atoms with Gasteiger partial charge in [0, 0.05) is 23.7 Å². The minimum Gasteiger partial charge on any atom is -0.464 e. The maximum Gasteiger partial charge on any atom is 0.285 e. The van der Waals surface area contributed by atoms with E-state index in [0.717, 1.165) is 23.2 Å². The third-order valence-electron chi connectivity index (χ3n) is 3.37. The van der Waals surface area contributed by atoms with Crippen molar-refractivity contribution < 1.29 is 9.15 Å². The molecule has 18 heavy (non-hydrogen) atoms. The molecule has 4 heteroatoms. The Morgan fingerprint density at radius 2 is 2.06 bits per heavy atom. The summed E-state index contributed by atoms with van der Waals surface area (Å²) in [4.78, 5) is 2.42. The van der Waals surface area contributed by atoms with Crippen molar-refractivity contribution in [2.75, 3.05) is 32.0 Å². The van der Waals surface area contributed by atoms with Gasteiger partial charge in [-0.2, -0.15) is 0 Å². The quantitative estimate of drug-likeness (QED) is 0.842. The molecule has 1 aromatic heterocycles. The Hall–Kier alpha value is -1.68. The number of rotatable bonds is 4. The molecule has 0 amide bonds. The summed E-state index contributed by atoms with van der Waals surface area (Å²) in [6, 6.07) is 7.50. The lowest BCUT2D eigenvalue weighted by Gasteiger charge is -2.13. The fourth-order valence-corrected chi connectivity index (χ4v) is 2.39. The highest BCUT2D eigenvalue weighted by molar-refractivity contribution is 5.82. The number of furan rings is 1. The molecule has 1 aromatic carbocycles. The van der Waals surface area contributed by atoms with Crippen LogP contribution in [0.1, 0.15) is 12.8 Å². The van der Waals surface area contributed by atoms with Crippen molar-refractivity contribution >= 4 is 16.7 Å². The Bertz CT molecular complexity index is 530. The lowest BCUT2D eigenvalue weighted by molar-refractivity contribution is 0.203. The molecule has 1 aliphatic heterocycles. The lowest BCUT2D eigenvalue weighted by Crippen LogP contribution is -2.24. The van der Waals surface area contributed by atoms with Gasteiger partial charge in [-0.25, -0.2) is 0 Å². The zero-order valence-corrected chi connectivity index (χ0v) is 10.4.